The smallest absolute Gasteiger partial charge is 0.143 e. The third kappa shape index (κ3) is 1.99. The lowest BCUT2D eigenvalue weighted by molar-refractivity contribution is -0.0175. The maximum atomic E-state index is 6.30. The van der Waals surface area contributed by atoms with Gasteiger partial charge in [-0.2, -0.15) is 0 Å². The van der Waals surface area contributed by atoms with E-state index >= 15 is 0 Å². The largest absolute Gasteiger partial charge is 0.485 e. The van der Waals surface area contributed by atoms with Gasteiger partial charge in [-0.05, 0) is 38.9 Å². The van der Waals surface area contributed by atoms with Crippen LogP contribution in [0.3, 0.4) is 0 Å². The molecule has 1 fully saturated rings. The van der Waals surface area contributed by atoms with Crippen molar-refractivity contribution in [2.24, 2.45) is 5.73 Å². The molecule has 2 aliphatic rings. The number of aromatic nitrogens is 1. The Hall–Kier alpha value is -1.13. The third-order valence-corrected chi connectivity index (χ3v) is 4.19. The van der Waals surface area contributed by atoms with Crippen molar-refractivity contribution >= 4 is 0 Å². The van der Waals surface area contributed by atoms with Gasteiger partial charge in [0, 0.05) is 25.2 Å². The van der Waals surface area contributed by atoms with Crippen LogP contribution < -0.4 is 10.5 Å². The van der Waals surface area contributed by atoms with Gasteiger partial charge in [-0.1, -0.05) is 0 Å². The molecular weight excluding hydrogens is 226 g/mol. The number of hydrogen-bond acceptors (Lipinski definition) is 4. The summed E-state index contributed by atoms with van der Waals surface area (Å²) in [6.07, 6.45) is 3.01. The lowest BCUT2D eigenvalue weighted by Crippen LogP contribution is -2.50. The molecule has 3 heterocycles. The quantitative estimate of drug-likeness (QED) is 0.757. The van der Waals surface area contributed by atoms with Crippen molar-refractivity contribution in [2.45, 2.75) is 37.8 Å². The van der Waals surface area contributed by atoms with Crippen molar-refractivity contribution in [2.75, 3.05) is 20.1 Å². The van der Waals surface area contributed by atoms with Crippen molar-refractivity contribution in [1.82, 2.24) is 9.88 Å². The van der Waals surface area contributed by atoms with Crippen molar-refractivity contribution in [3.8, 4) is 5.75 Å². The first-order valence-electron chi connectivity index (χ1n) is 6.69. The van der Waals surface area contributed by atoms with Crippen LogP contribution in [0.2, 0.25) is 0 Å². The molecule has 1 spiro atoms. The van der Waals surface area contributed by atoms with E-state index in [4.69, 9.17) is 10.5 Å². The normalized spacial score (nSPS) is 26.7. The Bertz CT molecular complexity index is 452. The zero-order valence-electron chi connectivity index (χ0n) is 11.1. The van der Waals surface area contributed by atoms with E-state index in [-0.39, 0.29) is 11.6 Å². The highest BCUT2D eigenvalue weighted by Crippen LogP contribution is 2.42. The summed E-state index contributed by atoms with van der Waals surface area (Å²) in [6, 6.07) is 4.04. The minimum atomic E-state index is -0.0597. The summed E-state index contributed by atoms with van der Waals surface area (Å²) in [5.74, 6) is 0.893. The highest BCUT2D eigenvalue weighted by atomic mass is 16.5. The van der Waals surface area contributed by atoms with Crippen LogP contribution in [0.15, 0.2) is 12.1 Å². The van der Waals surface area contributed by atoms with Crippen LogP contribution in [0.25, 0.3) is 0 Å². The van der Waals surface area contributed by atoms with Gasteiger partial charge in [0.05, 0.1) is 11.7 Å². The van der Waals surface area contributed by atoms with Gasteiger partial charge >= 0.3 is 0 Å². The molecule has 1 saturated heterocycles. The van der Waals surface area contributed by atoms with E-state index in [1.54, 1.807) is 0 Å². The second-order valence-electron chi connectivity index (χ2n) is 5.73. The number of nitrogens with zero attached hydrogens (tertiary/aromatic N) is 2. The predicted octanol–water partition coefficient (Wildman–Crippen LogP) is 1.64. The molecule has 0 amide bonds. The summed E-state index contributed by atoms with van der Waals surface area (Å²) in [5, 5.41) is 0. The lowest BCUT2D eigenvalue weighted by Gasteiger charge is -2.45. The zero-order valence-corrected chi connectivity index (χ0v) is 11.1. The molecule has 98 valence electrons. The van der Waals surface area contributed by atoms with Crippen LogP contribution in [-0.4, -0.2) is 35.6 Å². The second-order valence-corrected chi connectivity index (χ2v) is 5.73. The van der Waals surface area contributed by atoms with Crippen LogP contribution in [-0.2, 0) is 0 Å². The number of aryl methyl sites for hydroxylation is 1. The zero-order chi connectivity index (χ0) is 12.8. The highest BCUT2D eigenvalue weighted by molar-refractivity contribution is 5.35. The number of ether oxygens (including phenoxy) is 1. The molecule has 4 nitrogen and oxygen atoms in total. The average molecular weight is 247 g/mol. The highest BCUT2D eigenvalue weighted by Gasteiger charge is 2.42. The van der Waals surface area contributed by atoms with Crippen molar-refractivity contribution < 1.29 is 4.74 Å². The van der Waals surface area contributed by atoms with Crippen molar-refractivity contribution in [3.63, 3.8) is 0 Å². The van der Waals surface area contributed by atoms with E-state index in [9.17, 15) is 0 Å². The van der Waals surface area contributed by atoms with E-state index in [1.807, 2.05) is 19.1 Å². The van der Waals surface area contributed by atoms with E-state index < -0.39 is 0 Å². The molecule has 18 heavy (non-hydrogen) atoms. The first kappa shape index (κ1) is 11.9. The molecule has 1 atom stereocenters. The molecule has 2 N–H and O–H groups in total. The van der Waals surface area contributed by atoms with E-state index in [2.05, 4.69) is 16.9 Å². The Balaban J connectivity index is 1.89. The fraction of sp³-hybridized carbons (Fsp3) is 0.643. The predicted molar refractivity (Wildman–Crippen MR) is 70.6 cm³/mol. The van der Waals surface area contributed by atoms with Gasteiger partial charge in [-0.15, -0.1) is 0 Å². The summed E-state index contributed by atoms with van der Waals surface area (Å²) in [4.78, 5) is 6.88. The van der Waals surface area contributed by atoms with Gasteiger partial charge in [0.15, 0.2) is 0 Å². The molecule has 1 unspecified atom stereocenters. The fourth-order valence-corrected chi connectivity index (χ4v) is 3.02. The standard InChI is InChI=1S/C14H21N3O/c1-10-3-4-12-13(16-10)11(15)9-14(18-12)5-7-17(2)8-6-14/h3-4,11H,5-9,15H2,1-2H3. The van der Waals surface area contributed by atoms with Gasteiger partial charge in [0.2, 0.25) is 0 Å². The van der Waals surface area contributed by atoms with Gasteiger partial charge in [-0.3, -0.25) is 4.98 Å². The fourth-order valence-electron chi connectivity index (χ4n) is 3.02. The van der Waals surface area contributed by atoms with Crippen LogP contribution in [0.5, 0.6) is 5.75 Å². The van der Waals surface area contributed by atoms with Gasteiger partial charge < -0.3 is 15.4 Å². The number of likely N-dealkylation sites (tertiary alicyclic amines) is 1. The Kier molecular flexibility index (Phi) is 2.79. The lowest BCUT2D eigenvalue weighted by atomic mass is 9.82. The summed E-state index contributed by atoms with van der Waals surface area (Å²) in [6.45, 7) is 4.16. The summed E-state index contributed by atoms with van der Waals surface area (Å²) in [7, 11) is 2.16. The average Bonchev–Trinajstić information content (AvgIpc) is 2.35. The number of pyridine rings is 1. The van der Waals surface area contributed by atoms with Crippen LogP contribution in [0.1, 0.15) is 36.7 Å². The Labute approximate surface area is 108 Å². The van der Waals surface area contributed by atoms with Crippen molar-refractivity contribution in [1.29, 1.82) is 0 Å². The van der Waals surface area contributed by atoms with Gasteiger partial charge in [-0.25, -0.2) is 0 Å². The van der Waals surface area contributed by atoms with E-state index in [0.717, 1.165) is 49.5 Å². The monoisotopic (exact) mass is 247 g/mol. The molecule has 1 aromatic rings. The Morgan fingerprint density at radius 2 is 2.11 bits per heavy atom. The number of fused-ring (bicyclic) bond motifs is 1. The molecule has 2 aliphatic heterocycles. The molecule has 0 bridgehead atoms. The molecule has 0 saturated carbocycles. The minimum absolute atomic E-state index is 0.0112. The number of rotatable bonds is 0. The second kappa shape index (κ2) is 4.21. The Morgan fingerprint density at radius 3 is 2.83 bits per heavy atom. The van der Waals surface area contributed by atoms with Crippen LogP contribution in [0, 0.1) is 6.92 Å². The maximum absolute atomic E-state index is 6.30. The van der Waals surface area contributed by atoms with E-state index in [1.165, 1.54) is 0 Å². The van der Waals surface area contributed by atoms with E-state index in [0.29, 0.717) is 0 Å². The molecule has 4 heteroatoms. The first-order chi connectivity index (χ1) is 8.58. The summed E-state index contributed by atoms with van der Waals surface area (Å²) < 4.78 is 6.26. The molecule has 3 rings (SSSR count). The molecule has 1 aromatic heterocycles. The topological polar surface area (TPSA) is 51.4 Å². The number of piperidine rings is 1. The first-order valence-corrected chi connectivity index (χ1v) is 6.69. The Morgan fingerprint density at radius 1 is 1.39 bits per heavy atom. The molecule has 0 radical (unpaired) electrons. The summed E-state index contributed by atoms with van der Waals surface area (Å²) in [5.41, 5.74) is 8.18. The molecule has 0 aromatic carbocycles. The third-order valence-electron chi connectivity index (χ3n) is 4.19. The van der Waals surface area contributed by atoms with Crippen molar-refractivity contribution in [3.05, 3.63) is 23.5 Å². The number of nitrogens with two attached hydrogens (primary N) is 1. The van der Waals surface area contributed by atoms with Crippen LogP contribution >= 0.6 is 0 Å². The minimum Gasteiger partial charge on any atom is -0.485 e. The summed E-state index contributed by atoms with van der Waals surface area (Å²) >= 11 is 0. The van der Waals surface area contributed by atoms with Gasteiger partial charge in [0.1, 0.15) is 11.4 Å². The van der Waals surface area contributed by atoms with Crippen LogP contribution in [0.4, 0.5) is 0 Å². The molecular formula is C14H21N3O. The number of hydrogen-bond donors (Lipinski definition) is 1. The van der Waals surface area contributed by atoms with Gasteiger partial charge in [0.25, 0.3) is 0 Å². The maximum Gasteiger partial charge on any atom is 0.143 e. The molecule has 0 aliphatic carbocycles. The SMILES string of the molecule is Cc1ccc2c(n1)C(N)CC1(CCN(C)CC1)O2.